The molecule has 0 saturated carbocycles. The van der Waals surface area contributed by atoms with Gasteiger partial charge in [-0.05, 0) is 23.8 Å². The Morgan fingerprint density at radius 3 is 2.29 bits per heavy atom. The largest absolute Gasteiger partial charge is 0.372 e. The van der Waals surface area contributed by atoms with Gasteiger partial charge in [0.15, 0.2) is 5.60 Å². The molecule has 21 heavy (non-hydrogen) atoms. The lowest BCUT2D eigenvalue weighted by molar-refractivity contribution is -0.129. The number of benzene rings is 2. The van der Waals surface area contributed by atoms with E-state index in [0.29, 0.717) is 11.3 Å². The Bertz CT molecular complexity index is 830. The molecule has 0 spiro atoms. The van der Waals surface area contributed by atoms with Crippen molar-refractivity contribution in [2.75, 3.05) is 5.32 Å². The molecule has 0 fully saturated rings. The fraction of sp³-hybridized carbons (Fsp3) is 0.0714. The summed E-state index contributed by atoms with van der Waals surface area (Å²) in [5.41, 5.74) is -0.607. The van der Waals surface area contributed by atoms with Crippen molar-refractivity contribution in [2.24, 2.45) is 5.14 Å². The molecule has 108 valence electrons. The number of anilines is 1. The number of para-hydroxylation sites is 1. The van der Waals surface area contributed by atoms with Crippen molar-refractivity contribution >= 4 is 21.6 Å². The SMILES string of the molecule is NS(=O)(=O)c1ccc(C2(O)C(=O)Nc3ccccc32)cc1. The Hall–Kier alpha value is -2.22. The van der Waals surface area contributed by atoms with Gasteiger partial charge in [0.05, 0.1) is 4.90 Å². The molecule has 3 rings (SSSR count). The van der Waals surface area contributed by atoms with Gasteiger partial charge in [-0.1, -0.05) is 30.3 Å². The average molecular weight is 304 g/mol. The molecule has 2 aromatic rings. The van der Waals surface area contributed by atoms with Crippen molar-refractivity contribution in [3.05, 3.63) is 59.7 Å². The van der Waals surface area contributed by atoms with Gasteiger partial charge in [0.25, 0.3) is 5.91 Å². The minimum Gasteiger partial charge on any atom is -0.372 e. The van der Waals surface area contributed by atoms with Crippen LogP contribution in [0.5, 0.6) is 0 Å². The predicted octanol–water partition coefficient (Wildman–Crippen LogP) is 0.522. The molecule has 1 atom stereocenters. The van der Waals surface area contributed by atoms with E-state index < -0.39 is 21.5 Å². The summed E-state index contributed by atoms with van der Waals surface area (Å²) in [6.07, 6.45) is 0. The second-order valence-electron chi connectivity index (χ2n) is 4.78. The molecule has 2 aromatic carbocycles. The Balaban J connectivity index is 2.14. The molecule has 1 aliphatic rings. The van der Waals surface area contributed by atoms with Gasteiger partial charge < -0.3 is 10.4 Å². The van der Waals surface area contributed by atoms with Gasteiger partial charge in [-0.2, -0.15) is 0 Å². The summed E-state index contributed by atoms with van der Waals surface area (Å²) >= 11 is 0. The highest BCUT2D eigenvalue weighted by molar-refractivity contribution is 7.89. The second kappa shape index (κ2) is 4.39. The van der Waals surface area contributed by atoms with Gasteiger partial charge in [-0.15, -0.1) is 0 Å². The van der Waals surface area contributed by atoms with E-state index in [0.717, 1.165) is 0 Å². The van der Waals surface area contributed by atoms with E-state index in [1.165, 1.54) is 24.3 Å². The molecule has 0 saturated heterocycles. The van der Waals surface area contributed by atoms with E-state index in [2.05, 4.69) is 5.32 Å². The van der Waals surface area contributed by atoms with Crippen LogP contribution >= 0.6 is 0 Å². The number of hydrogen-bond acceptors (Lipinski definition) is 4. The first-order chi connectivity index (χ1) is 9.83. The van der Waals surface area contributed by atoms with Crippen molar-refractivity contribution in [3.63, 3.8) is 0 Å². The zero-order chi connectivity index (χ0) is 15.3. The van der Waals surface area contributed by atoms with Crippen molar-refractivity contribution in [3.8, 4) is 0 Å². The van der Waals surface area contributed by atoms with E-state index in [1.54, 1.807) is 24.3 Å². The third-order valence-electron chi connectivity index (χ3n) is 3.49. The van der Waals surface area contributed by atoms with Crippen LogP contribution in [-0.4, -0.2) is 19.4 Å². The summed E-state index contributed by atoms with van der Waals surface area (Å²) in [4.78, 5) is 12.0. The van der Waals surface area contributed by atoms with Crippen LogP contribution in [0.3, 0.4) is 0 Å². The quantitative estimate of drug-likeness (QED) is 0.751. The smallest absolute Gasteiger partial charge is 0.265 e. The lowest BCUT2D eigenvalue weighted by Crippen LogP contribution is -2.35. The summed E-state index contributed by atoms with van der Waals surface area (Å²) in [5, 5.41) is 18.4. The number of carbonyl (C=O) groups is 1. The number of hydrogen-bond donors (Lipinski definition) is 3. The first-order valence-electron chi connectivity index (χ1n) is 6.10. The number of fused-ring (bicyclic) bond motifs is 1. The molecule has 6 nitrogen and oxygen atoms in total. The molecule has 7 heteroatoms. The first kappa shape index (κ1) is 13.7. The van der Waals surface area contributed by atoms with Crippen LogP contribution in [0.2, 0.25) is 0 Å². The number of amides is 1. The van der Waals surface area contributed by atoms with Crippen LogP contribution in [0.15, 0.2) is 53.4 Å². The van der Waals surface area contributed by atoms with E-state index in [9.17, 15) is 18.3 Å². The molecule has 0 aliphatic carbocycles. The highest BCUT2D eigenvalue weighted by Crippen LogP contribution is 2.40. The number of primary sulfonamides is 1. The topological polar surface area (TPSA) is 109 Å². The van der Waals surface area contributed by atoms with Gasteiger partial charge in [0.2, 0.25) is 10.0 Å². The molecular weight excluding hydrogens is 292 g/mol. The molecule has 1 aliphatic heterocycles. The maximum atomic E-state index is 12.1. The number of nitrogens with one attached hydrogen (secondary N) is 1. The lowest BCUT2D eigenvalue weighted by Gasteiger charge is -2.21. The zero-order valence-corrected chi connectivity index (χ0v) is 11.6. The minimum absolute atomic E-state index is 0.0819. The predicted molar refractivity (Wildman–Crippen MR) is 75.9 cm³/mol. The normalized spacial score (nSPS) is 21.0. The highest BCUT2D eigenvalue weighted by atomic mass is 32.2. The lowest BCUT2D eigenvalue weighted by atomic mass is 9.88. The summed E-state index contributed by atoms with van der Waals surface area (Å²) in [5.74, 6) is -0.577. The summed E-state index contributed by atoms with van der Waals surface area (Å²) in [6.45, 7) is 0. The van der Waals surface area contributed by atoms with Crippen LogP contribution in [0, 0.1) is 0 Å². The Kier molecular flexibility index (Phi) is 2.87. The molecular formula is C14H12N2O4S. The van der Waals surface area contributed by atoms with Crippen LogP contribution < -0.4 is 10.5 Å². The highest BCUT2D eigenvalue weighted by Gasteiger charge is 2.46. The molecule has 0 bridgehead atoms. The average Bonchev–Trinajstić information content (AvgIpc) is 2.71. The van der Waals surface area contributed by atoms with Gasteiger partial charge in [-0.25, -0.2) is 13.6 Å². The molecule has 1 heterocycles. The van der Waals surface area contributed by atoms with E-state index in [-0.39, 0.29) is 10.5 Å². The molecule has 1 unspecified atom stereocenters. The summed E-state index contributed by atoms with van der Waals surface area (Å²) < 4.78 is 22.5. The van der Waals surface area contributed by atoms with Crippen molar-refractivity contribution in [2.45, 2.75) is 10.5 Å². The van der Waals surface area contributed by atoms with Gasteiger partial charge >= 0.3 is 0 Å². The van der Waals surface area contributed by atoms with Crippen LogP contribution in [-0.2, 0) is 20.4 Å². The van der Waals surface area contributed by atoms with Gasteiger partial charge in [0, 0.05) is 11.3 Å². The monoisotopic (exact) mass is 304 g/mol. The standard InChI is InChI=1S/C14H12N2O4S/c15-21(19,20)10-7-5-9(6-8-10)14(18)11-3-1-2-4-12(11)16-13(14)17/h1-8,18H,(H,16,17)(H2,15,19,20). The fourth-order valence-corrected chi connectivity index (χ4v) is 2.93. The Morgan fingerprint density at radius 2 is 1.67 bits per heavy atom. The third-order valence-corrected chi connectivity index (χ3v) is 4.42. The maximum Gasteiger partial charge on any atom is 0.265 e. The Labute approximate surface area is 121 Å². The zero-order valence-electron chi connectivity index (χ0n) is 10.8. The number of nitrogens with two attached hydrogens (primary N) is 1. The third kappa shape index (κ3) is 2.02. The van der Waals surface area contributed by atoms with Crippen molar-refractivity contribution in [1.82, 2.24) is 0 Å². The van der Waals surface area contributed by atoms with Crippen LogP contribution in [0.4, 0.5) is 5.69 Å². The number of aliphatic hydroxyl groups is 1. The first-order valence-corrected chi connectivity index (χ1v) is 7.65. The van der Waals surface area contributed by atoms with Crippen LogP contribution in [0.25, 0.3) is 0 Å². The van der Waals surface area contributed by atoms with E-state index in [4.69, 9.17) is 5.14 Å². The Morgan fingerprint density at radius 1 is 1.05 bits per heavy atom. The van der Waals surface area contributed by atoms with E-state index in [1.807, 2.05) is 0 Å². The van der Waals surface area contributed by atoms with Gasteiger partial charge in [0.1, 0.15) is 0 Å². The summed E-state index contributed by atoms with van der Waals surface area (Å²) in [7, 11) is -3.82. The second-order valence-corrected chi connectivity index (χ2v) is 6.34. The van der Waals surface area contributed by atoms with Crippen molar-refractivity contribution < 1.29 is 18.3 Å². The maximum absolute atomic E-state index is 12.1. The van der Waals surface area contributed by atoms with Gasteiger partial charge in [-0.3, -0.25) is 4.79 Å². The molecule has 1 amide bonds. The number of sulfonamides is 1. The fourth-order valence-electron chi connectivity index (χ4n) is 2.42. The van der Waals surface area contributed by atoms with Crippen LogP contribution in [0.1, 0.15) is 11.1 Å². The minimum atomic E-state index is -3.82. The van der Waals surface area contributed by atoms with Crippen molar-refractivity contribution in [1.29, 1.82) is 0 Å². The van der Waals surface area contributed by atoms with E-state index >= 15 is 0 Å². The molecule has 4 N–H and O–H groups in total. The molecule has 0 aromatic heterocycles. The number of carbonyl (C=O) groups excluding carboxylic acids is 1. The summed E-state index contributed by atoms with van der Waals surface area (Å²) in [6, 6.07) is 12.1. The number of rotatable bonds is 2. The molecule has 0 radical (unpaired) electrons.